The largest absolute Gasteiger partial charge is 0.496 e. The van der Waals surface area contributed by atoms with Crippen LogP contribution in [0.5, 0.6) is 5.75 Å². The number of imidazole rings is 1. The van der Waals surface area contributed by atoms with E-state index in [0.29, 0.717) is 18.2 Å². The topological polar surface area (TPSA) is 76.0 Å². The van der Waals surface area contributed by atoms with E-state index in [4.69, 9.17) is 9.15 Å². The summed E-state index contributed by atoms with van der Waals surface area (Å²) >= 11 is 0. The summed E-state index contributed by atoms with van der Waals surface area (Å²) in [6.45, 7) is 1.94. The maximum absolute atomic E-state index is 5.80. The molecule has 2 aromatic carbocycles. The molecule has 136 valence electrons. The van der Waals surface area contributed by atoms with Gasteiger partial charge in [-0.1, -0.05) is 30.3 Å². The molecule has 0 aliphatic carbocycles. The van der Waals surface area contributed by atoms with Crippen LogP contribution in [0.2, 0.25) is 0 Å². The van der Waals surface area contributed by atoms with Gasteiger partial charge in [-0.25, -0.2) is 9.97 Å². The van der Waals surface area contributed by atoms with E-state index < -0.39 is 0 Å². The molecular weight excluding hydrogens is 340 g/mol. The molecule has 0 aliphatic rings. The minimum atomic E-state index is 0.449. The third kappa shape index (κ3) is 3.84. The zero-order valence-corrected chi connectivity index (χ0v) is 15.2. The summed E-state index contributed by atoms with van der Waals surface area (Å²) < 4.78 is 11.3. The van der Waals surface area contributed by atoms with Crippen LogP contribution in [0.1, 0.15) is 17.0 Å². The van der Waals surface area contributed by atoms with Gasteiger partial charge < -0.3 is 19.5 Å². The van der Waals surface area contributed by atoms with Crippen LogP contribution in [0, 0.1) is 6.92 Å². The fourth-order valence-corrected chi connectivity index (χ4v) is 2.88. The van der Waals surface area contributed by atoms with Crippen molar-refractivity contribution in [3.63, 3.8) is 0 Å². The Bertz CT molecular complexity index is 1040. The van der Waals surface area contributed by atoms with E-state index in [9.17, 15) is 0 Å². The number of rotatable bonds is 6. The third-order valence-electron chi connectivity index (χ3n) is 4.19. The lowest BCUT2D eigenvalue weighted by atomic mass is 10.1. The Labute approximate surface area is 157 Å². The summed E-state index contributed by atoms with van der Waals surface area (Å²) in [4.78, 5) is 11.9. The molecule has 2 aromatic heterocycles. The molecule has 0 unspecified atom stereocenters. The first-order valence-electron chi connectivity index (χ1n) is 8.67. The first kappa shape index (κ1) is 16.9. The molecule has 0 aliphatic heterocycles. The Morgan fingerprint density at radius 1 is 1.15 bits per heavy atom. The lowest BCUT2D eigenvalue weighted by Gasteiger charge is -2.09. The van der Waals surface area contributed by atoms with E-state index in [1.54, 1.807) is 13.3 Å². The summed E-state index contributed by atoms with van der Waals surface area (Å²) in [6.07, 6.45) is 4.31. The minimum Gasteiger partial charge on any atom is -0.496 e. The number of aromatic nitrogens is 3. The van der Waals surface area contributed by atoms with Crippen molar-refractivity contribution in [3.8, 4) is 17.1 Å². The highest BCUT2D eigenvalue weighted by Crippen LogP contribution is 2.31. The molecule has 0 radical (unpaired) electrons. The fraction of sp³-hybridized carbons (Fsp3) is 0.143. The normalized spacial score (nSPS) is 10.7. The molecule has 2 N–H and O–H groups in total. The van der Waals surface area contributed by atoms with Crippen LogP contribution < -0.4 is 10.1 Å². The average molecular weight is 360 g/mol. The monoisotopic (exact) mass is 360 g/mol. The number of ether oxygens (including phenoxy) is 1. The Hall–Kier alpha value is -3.54. The second-order valence-corrected chi connectivity index (χ2v) is 6.22. The predicted molar refractivity (Wildman–Crippen MR) is 104 cm³/mol. The van der Waals surface area contributed by atoms with Crippen molar-refractivity contribution < 1.29 is 9.15 Å². The van der Waals surface area contributed by atoms with E-state index in [0.717, 1.165) is 28.5 Å². The molecular formula is C21H20N4O2. The van der Waals surface area contributed by atoms with Gasteiger partial charge in [0.25, 0.3) is 6.01 Å². The third-order valence-corrected chi connectivity index (χ3v) is 4.19. The van der Waals surface area contributed by atoms with E-state index in [1.165, 1.54) is 5.56 Å². The zero-order valence-electron chi connectivity index (χ0n) is 15.2. The van der Waals surface area contributed by atoms with Crippen LogP contribution in [0.15, 0.2) is 65.3 Å². The Morgan fingerprint density at radius 3 is 2.74 bits per heavy atom. The summed E-state index contributed by atoms with van der Waals surface area (Å²) in [5, 5.41) is 3.18. The van der Waals surface area contributed by atoms with Gasteiger partial charge in [0.1, 0.15) is 17.3 Å². The average Bonchev–Trinajstić information content (AvgIpc) is 3.31. The standard InChI is InChI=1S/C21H20N4O2/c1-14-12-22-20(24-14)18-9-8-16(11-19(18)26-2)25-21-23-13-17(27-21)10-15-6-4-3-5-7-15/h3-9,11-13H,10H2,1-2H3,(H,22,24)(H,23,25). The molecule has 4 rings (SSSR count). The summed E-state index contributed by atoms with van der Waals surface area (Å²) in [6, 6.07) is 16.4. The molecule has 0 saturated heterocycles. The van der Waals surface area contributed by atoms with Gasteiger partial charge in [-0.05, 0) is 24.6 Å². The van der Waals surface area contributed by atoms with Gasteiger partial charge in [0.2, 0.25) is 0 Å². The molecule has 4 aromatic rings. The minimum absolute atomic E-state index is 0.449. The summed E-state index contributed by atoms with van der Waals surface area (Å²) in [7, 11) is 1.64. The number of benzene rings is 2. The van der Waals surface area contributed by atoms with E-state index in [2.05, 4.69) is 32.4 Å². The smallest absolute Gasteiger partial charge is 0.299 e. The van der Waals surface area contributed by atoms with Crippen LogP contribution in [-0.4, -0.2) is 22.1 Å². The molecule has 6 heteroatoms. The highest BCUT2D eigenvalue weighted by atomic mass is 16.5. The summed E-state index contributed by atoms with van der Waals surface area (Å²) in [5.41, 5.74) is 3.83. The highest BCUT2D eigenvalue weighted by molar-refractivity contribution is 5.70. The molecule has 6 nitrogen and oxygen atoms in total. The molecule has 2 heterocycles. The van der Waals surface area contributed by atoms with Crippen LogP contribution in [0.4, 0.5) is 11.7 Å². The zero-order chi connectivity index (χ0) is 18.6. The first-order valence-corrected chi connectivity index (χ1v) is 8.67. The van der Waals surface area contributed by atoms with Crippen molar-refractivity contribution in [3.05, 3.63) is 77.9 Å². The number of hydrogen-bond donors (Lipinski definition) is 2. The van der Waals surface area contributed by atoms with Gasteiger partial charge in [0, 0.05) is 24.4 Å². The van der Waals surface area contributed by atoms with E-state index in [-0.39, 0.29) is 0 Å². The fourth-order valence-electron chi connectivity index (χ4n) is 2.88. The Kier molecular flexibility index (Phi) is 4.61. The summed E-state index contributed by atoms with van der Waals surface area (Å²) in [5.74, 6) is 2.29. The molecule has 27 heavy (non-hydrogen) atoms. The molecule has 0 spiro atoms. The van der Waals surface area contributed by atoms with Crippen molar-refractivity contribution in [1.82, 2.24) is 15.0 Å². The van der Waals surface area contributed by atoms with Gasteiger partial charge in [-0.3, -0.25) is 0 Å². The maximum Gasteiger partial charge on any atom is 0.299 e. The first-order chi connectivity index (χ1) is 13.2. The van der Waals surface area contributed by atoms with Crippen molar-refractivity contribution in [2.24, 2.45) is 0 Å². The number of hydrogen-bond acceptors (Lipinski definition) is 5. The quantitative estimate of drug-likeness (QED) is 0.520. The molecule has 0 saturated carbocycles. The molecule has 0 bridgehead atoms. The van der Waals surface area contributed by atoms with Gasteiger partial charge in [0.15, 0.2) is 0 Å². The van der Waals surface area contributed by atoms with Crippen LogP contribution in [0.25, 0.3) is 11.4 Å². The van der Waals surface area contributed by atoms with Crippen molar-refractivity contribution in [2.75, 3.05) is 12.4 Å². The number of oxazole rings is 1. The number of anilines is 2. The van der Waals surface area contributed by atoms with Gasteiger partial charge in [-0.2, -0.15) is 0 Å². The Balaban J connectivity index is 1.51. The number of nitrogens with zero attached hydrogens (tertiary/aromatic N) is 2. The van der Waals surface area contributed by atoms with Crippen molar-refractivity contribution in [1.29, 1.82) is 0 Å². The SMILES string of the molecule is COc1cc(Nc2ncc(Cc3ccccc3)o2)ccc1-c1nc(C)c[nH]1. The van der Waals surface area contributed by atoms with E-state index >= 15 is 0 Å². The maximum atomic E-state index is 5.80. The predicted octanol–water partition coefficient (Wildman–Crippen LogP) is 4.72. The van der Waals surface area contributed by atoms with Crippen LogP contribution in [-0.2, 0) is 6.42 Å². The van der Waals surface area contributed by atoms with Gasteiger partial charge >= 0.3 is 0 Å². The number of aryl methyl sites for hydroxylation is 1. The molecule has 0 atom stereocenters. The number of nitrogens with one attached hydrogen (secondary N) is 2. The van der Waals surface area contributed by atoms with Crippen LogP contribution in [0.3, 0.4) is 0 Å². The van der Waals surface area contributed by atoms with Gasteiger partial charge in [-0.15, -0.1) is 0 Å². The van der Waals surface area contributed by atoms with Crippen molar-refractivity contribution >= 4 is 11.7 Å². The van der Waals surface area contributed by atoms with Crippen LogP contribution >= 0.6 is 0 Å². The van der Waals surface area contributed by atoms with Gasteiger partial charge in [0.05, 0.1) is 24.6 Å². The molecule has 0 fully saturated rings. The lowest BCUT2D eigenvalue weighted by Crippen LogP contribution is -1.94. The number of aromatic amines is 1. The second kappa shape index (κ2) is 7.37. The molecule has 0 amide bonds. The van der Waals surface area contributed by atoms with E-state index in [1.807, 2.05) is 49.5 Å². The lowest BCUT2D eigenvalue weighted by molar-refractivity contribution is 0.416. The Morgan fingerprint density at radius 2 is 2.00 bits per heavy atom. The van der Waals surface area contributed by atoms with Crippen molar-refractivity contribution in [2.45, 2.75) is 13.3 Å². The highest BCUT2D eigenvalue weighted by Gasteiger charge is 2.11. The second-order valence-electron chi connectivity index (χ2n) is 6.22. The number of methoxy groups -OCH3 is 1. The number of H-pyrrole nitrogens is 1.